The van der Waals surface area contributed by atoms with Crippen molar-refractivity contribution in [3.8, 4) is 0 Å². The van der Waals surface area contributed by atoms with Crippen LogP contribution in [-0.2, 0) is 4.79 Å². The van der Waals surface area contributed by atoms with Crippen LogP contribution in [-0.4, -0.2) is 23.0 Å². The van der Waals surface area contributed by atoms with Crippen LogP contribution in [0.3, 0.4) is 0 Å². The summed E-state index contributed by atoms with van der Waals surface area (Å²) < 4.78 is 0. The van der Waals surface area contributed by atoms with Gasteiger partial charge in [-0.1, -0.05) is 38.4 Å². The Morgan fingerprint density at radius 3 is 2.39 bits per heavy atom. The molecule has 98 valence electrons. The Hall–Kier alpha value is -1.55. The van der Waals surface area contributed by atoms with Gasteiger partial charge in [0.2, 0.25) is 0 Å². The molecule has 1 aromatic rings. The third-order valence-electron chi connectivity index (χ3n) is 2.48. The lowest BCUT2D eigenvalue weighted by Gasteiger charge is -2.27. The molecule has 1 rings (SSSR count). The van der Waals surface area contributed by atoms with E-state index < -0.39 is 23.3 Å². The van der Waals surface area contributed by atoms with E-state index in [0.29, 0.717) is 10.6 Å². The lowest BCUT2D eigenvalue weighted by atomic mass is 9.86. The van der Waals surface area contributed by atoms with Crippen LogP contribution in [0.1, 0.15) is 31.1 Å². The molecule has 1 aromatic carbocycles. The summed E-state index contributed by atoms with van der Waals surface area (Å²) >= 11 is 5.78. The van der Waals surface area contributed by atoms with Crippen molar-refractivity contribution in [1.29, 1.82) is 0 Å². The molecule has 0 saturated heterocycles. The van der Waals surface area contributed by atoms with Gasteiger partial charge >= 0.3 is 5.97 Å². The van der Waals surface area contributed by atoms with Crippen molar-refractivity contribution >= 4 is 23.5 Å². The third kappa shape index (κ3) is 3.74. The summed E-state index contributed by atoms with van der Waals surface area (Å²) in [5, 5.41) is 12.1. The second-order valence-electron chi connectivity index (χ2n) is 5.12. The minimum Gasteiger partial charge on any atom is -0.480 e. The number of nitrogens with one attached hydrogen (secondary N) is 1. The van der Waals surface area contributed by atoms with Crippen molar-refractivity contribution < 1.29 is 14.7 Å². The lowest BCUT2D eigenvalue weighted by Crippen LogP contribution is -2.49. The molecule has 0 aliphatic rings. The van der Waals surface area contributed by atoms with Gasteiger partial charge in [0.1, 0.15) is 6.04 Å². The molecule has 18 heavy (non-hydrogen) atoms. The van der Waals surface area contributed by atoms with E-state index in [2.05, 4.69) is 5.32 Å². The molecule has 0 fully saturated rings. The first-order valence-electron chi connectivity index (χ1n) is 5.51. The van der Waals surface area contributed by atoms with Crippen molar-refractivity contribution in [3.05, 3.63) is 34.9 Å². The molecule has 4 nitrogen and oxygen atoms in total. The van der Waals surface area contributed by atoms with Crippen LogP contribution in [0.15, 0.2) is 24.3 Å². The molecule has 0 bridgehead atoms. The summed E-state index contributed by atoms with van der Waals surface area (Å²) in [6.07, 6.45) is 0. The first kappa shape index (κ1) is 14.5. The minimum absolute atomic E-state index is 0.345. The van der Waals surface area contributed by atoms with Crippen LogP contribution in [0.4, 0.5) is 0 Å². The van der Waals surface area contributed by atoms with Crippen LogP contribution in [0.5, 0.6) is 0 Å². The first-order valence-corrected chi connectivity index (χ1v) is 5.89. The number of hydrogen-bond donors (Lipinski definition) is 2. The molecule has 2 N–H and O–H groups in total. The van der Waals surface area contributed by atoms with Gasteiger partial charge in [0, 0.05) is 10.6 Å². The molecule has 0 aliphatic carbocycles. The highest BCUT2D eigenvalue weighted by molar-refractivity contribution is 6.30. The van der Waals surface area contributed by atoms with Gasteiger partial charge in [-0.15, -0.1) is 0 Å². The topological polar surface area (TPSA) is 66.4 Å². The quantitative estimate of drug-likeness (QED) is 0.886. The number of amides is 1. The van der Waals surface area contributed by atoms with Gasteiger partial charge in [-0.2, -0.15) is 0 Å². The van der Waals surface area contributed by atoms with Crippen molar-refractivity contribution in [3.63, 3.8) is 0 Å². The van der Waals surface area contributed by atoms with E-state index in [1.165, 1.54) is 6.07 Å². The van der Waals surface area contributed by atoms with Crippen LogP contribution in [0, 0.1) is 5.41 Å². The first-order chi connectivity index (χ1) is 8.21. The van der Waals surface area contributed by atoms with E-state index in [1.54, 1.807) is 39.0 Å². The molecule has 0 radical (unpaired) electrons. The molecule has 1 amide bonds. The Kier molecular flexibility index (Phi) is 4.35. The molecule has 0 saturated carbocycles. The van der Waals surface area contributed by atoms with Gasteiger partial charge in [-0.05, 0) is 23.6 Å². The summed E-state index contributed by atoms with van der Waals surface area (Å²) in [5.41, 5.74) is -0.224. The largest absolute Gasteiger partial charge is 0.480 e. The summed E-state index contributed by atoms with van der Waals surface area (Å²) in [6, 6.07) is 5.42. The highest BCUT2D eigenvalue weighted by Crippen LogP contribution is 2.20. The van der Waals surface area contributed by atoms with E-state index in [9.17, 15) is 9.59 Å². The van der Waals surface area contributed by atoms with Gasteiger partial charge in [0.25, 0.3) is 5.91 Å². The Morgan fingerprint density at radius 2 is 1.94 bits per heavy atom. The Labute approximate surface area is 111 Å². The van der Waals surface area contributed by atoms with Crippen LogP contribution < -0.4 is 5.32 Å². The van der Waals surface area contributed by atoms with Crippen molar-refractivity contribution in [1.82, 2.24) is 5.32 Å². The van der Waals surface area contributed by atoms with Crippen molar-refractivity contribution in [2.75, 3.05) is 0 Å². The SMILES string of the molecule is CC(C)(C)[C@H](NC(=O)c1cccc(Cl)c1)C(=O)O. The summed E-state index contributed by atoms with van der Waals surface area (Å²) in [6.45, 7) is 5.26. The fourth-order valence-corrected chi connectivity index (χ4v) is 1.68. The molecular formula is C13H16ClNO3. The standard InChI is InChI=1S/C13H16ClNO3/c1-13(2,3)10(12(17)18)15-11(16)8-5-4-6-9(14)7-8/h4-7,10H,1-3H3,(H,15,16)(H,17,18)/t10-/m1/s1. The van der Waals surface area contributed by atoms with Gasteiger partial charge in [-0.25, -0.2) is 4.79 Å². The van der Waals surface area contributed by atoms with E-state index >= 15 is 0 Å². The average Bonchev–Trinajstić information content (AvgIpc) is 2.23. The highest BCUT2D eigenvalue weighted by Gasteiger charge is 2.32. The molecule has 0 aliphatic heterocycles. The number of halogens is 1. The van der Waals surface area contributed by atoms with Crippen LogP contribution in [0.25, 0.3) is 0 Å². The van der Waals surface area contributed by atoms with E-state index in [-0.39, 0.29) is 0 Å². The second kappa shape index (κ2) is 5.40. The predicted octanol–water partition coefficient (Wildman–Crippen LogP) is 2.57. The fraction of sp³-hybridized carbons (Fsp3) is 0.385. The van der Waals surface area contributed by atoms with Crippen molar-refractivity contribution in [2.24, 2.45) is 5.41 Å². The number of carbonyl (C=O) groups excluding carboxylic acids is 1. The maximum atomic E-state index is 11.9. The molecule has 1 atom stereocenters. The average molecular weight is 270 g/mol. The monoisotopic (exact) mass is 269 g/mol. The molecule has 0 unspecified atom stereocenters. The van der Waals surface area contributed by atoms with E-state index in [4.69, 9.17) is 16.7 Å². The zero-order valence-corrected chi connectivity index (χ0v) is 11.3. The number of aliphatic carboxylic acids is 1. The normalized spacial score (nSPS) is 12.9. The zero-order chi connectivity index (χ0) is 13.9. The highest BCUT2D eigenvalue weighted by atomic mass is 35.5. The van der Waals surface area contributed by atoms with Crippen LogP contribution >= 0.6 is 11.6 Å². The second-order valence-corrected chi connectivity index (χ2v) is 5.56. The smallest absolute Gasteiger partial charge is 0.326 e. The lowest BCUT2D eigenvalue weighted by molar-refractivity contribution is -0.142. The molecule has 5 heteroatoms. The maximum Gasteiger partial charge on any atom is 0.326 e. The zero-order valence-electron chi connectivity index (χ0n) is 10.5. The van der Waals surface area contributed by atoms with Crippen LogP contribution in [0.2, 0.25) is 5.02 Å². The van der Waals surface area contributed by atoms with Gasteiger partial charge in [0.05, 0.1) is 0 Å². The van der Waals surface area contributed by atoms with Gasteiger partial charge in [-0.3, -0.25) is 4.79 Å². The minimum atomic E-state index is -1.06. The molecule has 0 spiro atoms. The van der Waals surface area contributed by atoms with Gasteiger partial charge in [0.15, 0.2) is 0 Å². The molecular weight excluding hydrogens is 254 g/mol. The van der Waals surface area contributed by atoms with E-state index in [1.807, 2.05) is 0 Å². The number of hydrogen-bond acceptors (Lipinski definition) is 2. The summed E-state index contributed by atoms with van der Waals surface area (Å²) in [4.78, 5) is 23.1. The fourth-order valence-electron chi connectivity index (χ4n) is 1.49. The number of carboxylic acids is 1. The Morgan fingerprint density at radius 1 is 1.33 bits per heavy atom. The summed E-state index contributed by atoms with van der Waals surface area (Å²) in [7, 11) is 0. The molecule has 0 heterocycles. The van der Waals surface area contributed by atoms with Crippen molar-refractivity contribution in [2.45, 2.75) is 26.8 Å². The molecule has 0 aromatic heterocycles. The number of carboxylic acid groups (broad SMARTS) is 1. The summed E-state index contributed by atoms with van der Waals surface area (Å²) in [5.74, 6) is -1.50. The van der Waals surface area contributed by atoms with E-state index in [0.717, 1.165) is 0 Å². The third-order valence-corrected chi connectivity index (χ3v) is 2.71. The Balaban J connectivity index is 2.89. The van der Waals surface area contributed by atoms with Gasteiger partial charge < -0.3 is 10.4 Å². The predicted molar refractivity (Wildman–Crippen MR) is 69.8 cm³/mol. The number of rotatable bonds is 3. The Bertz CT molecular complexity index is 466. The number of benzene rings is 1. The number of carbonyl (C=O) groups is 2. The maximum absolute atomic E-state index is 11.9.